The molecule has 0 saturated heterocycles. The van der Waals surface area contributed by atoms with E-state index in [1.807, 2.05) is 12.1 Å². The molecule has 3 heterocycles. The van der Waals surface area contributed by atoms with E-state index in [1.165, 1.54) is 71.1 Å². The number of aliphatic imine (C=N–C) groups is 1. The van der Waals surface area contributed by atoms with Crippen molar-refractivity contribution < 1.29 is 0 Å². The number of aryl methyl sites for hydroxylation is 1. The molecule has 4 nitrogen and oxygen atoms in total. The molecule has 2 atom stereocenters. The van der Waals surface area contributed by atoms with E-state index >= 15 is 0 Å². The minimum absolute atomic E-state index is 0.0832. The van der Waals surface area contributed by atoms with Gasteiger partial charge in [-0.15, -0.1) is 0 Å². The Balaban J connectivity index is 1.39. The van der Waals surface area contributed by atoms with Crippen molar-refractivity contribution in [2.75, 3.05) is 0 Å². The van der Waals surface area contributed by atoms with Gasteiger partial charge in [-0.05, 0) is 76.2 Å². The number of aromatic nitrogens is 1. The minimum atomic E-state index is -0.0832. The maximum absolute atomic E-state index is 10.0. The van der Waals surface area contributed by atoms with Crippen molar-refractivity contribution in [2.45, 2.75) is 24.8 Å². The molecule has 2 aliphatic rings. The third kappa shape index (κ3) is 3.08. The SMILES string of the molecule is N#CC1=Nc2ccccc2C(C2CCc3cc4ccccc4cc3-c3cc4c5ccccc5n5c6ccccc6c(c32)c45)N1. The zero-order valence-corrected chi connectivity index (χ0v) is 23.9. The Labute approximate surface area is 253 Å². The second-order valence-electron chi connectivity index (χ2n) is 12.2. The van der Waals surface area contributed by atoms with Crippen LogP contribution in [-0.4, -0.2) is 10.2 Å². The monoisotopic (exact) mass is 562 g/mol. The van der Waals surface area contributed by atoms with Gasteiger partial charge in [0.05, 0.1) is 28.3 Å². The number of hydrogen-bond acceptors (Lipinski definition) is 3. The van der Waals surface area contributed by atoms with Gasteiger partial charge in [0.1, 0.15) is 6.07 Å². The Kier molecular flexibility index (Phi) is 4.71. The average molecular weight is 563 g/mol. The quantitative estimate of drug-likeness (QED) is 0.217. The van der Waals surface area contributed by atoms with Crippen molar-refractivity contribution in [2.24, 2.45) is 4.99 Å². The molecule has 1 aliphatic carbocycles. The Morgan fingerprint density at radius 3 is 2.27 bits per heavy atom. The molecule has 1 aliphatic heterocycles. The van der Waals surface area contributed by atoms with Crippen LogP contribution in [0, 0.1) is 11.3 Å². The van der Waals surface area contributed by atoms with Crippen molar-refractivity contribution in [1.82, 2.24) is 9.72 Å². The summed E-state index contributed by atoms with van der Waals surface area (Å²) in [6.45, 7) is 0. The number of rotatable bonds is 1. The lowest BCUT2D eigenvalue weighted by Gasteiger charge is -2.33. The van der Waals surface area contributed by atoms with Crippen molar-refractivity contribution in [1.29, 1.82) is 5.26 Å². The van der Waals surface area contributed by atoms with E-state index in [0.717, 1.165) is 24.1 Å². The molecule has 8 aromatic rings. The van der Waals surface area contributed by atoms with E-state index in [0.29, 0.717) is 5.84 Å². The molecular weight excluding hydrogens is 536 g/mol. The van der Waals surface area contributed by atoms with Crippen molar-refractivity contribution in [3.05, 3.63) is 132 Å². The molecule has 0 spiro atoms. The number of nitriles is 1. The summed E-state index contributed by atoms with van der Waals surface area (Å²) in [5, 5.41) is 21.4. The summed E-state index contributed by atoms with van der Waals surface area (Å²) in [5.74, 6) is 0.493. The van der Waals surface area contributed by atoms with Crippen molar-refractivity contribution in [3.8, 4) is 17.2 Å². The minimum Gasteiger partial charge on any atom is -0.354 e. The Bertz CT molecular complexity index is 2560. The molecule has 0 radical (unpaired) electrons. The number of benzene rings is 6. The molecule has 0 bridgehead atoms. The van der Waals surface area contributed by atoms with Gasteiger partial charge in [0.15, 0.2) is 0 Å². The van der Waals surface area contributed by atoms with Gasteiger partial charge in [0, 0.05) is 33.0 Å². The lowest BCUT2D eigenvalue weighted by Crippen LogP contribution is -2.34. The zero-order chi connectivity index (χ0) is 28.9. The fraction of sp³-hybridized carbons (Fsp3) is 0.100. The molecule has 0 fully saturated rings. The predicted octanol–water partition coefficient (Wildman–Crippen LogP) is 9.58. The highest BCUT2D eigenvalue weighted by Crippen LogP contribution is 2.53. The second kappa shape index (κ2) is 8.69. The molecule has 10 rings (SSSR count). The summed E-state index contributed by atoms with van der Waals surface area (Å²) in [7, 11) is 0. The van der Waals surface area contributed by atoms with Crippen LogP contribution in [0.15, 0.2) is 120 Å². The van der Waals surface area contributed by atoms with Crippen LogP contribution >= 0.6 is 0 Å². The second-order valence-corrected chi connectivity index (χ2v) is 12.2. The number of hydrogen-bond donors (Lipinski definition) is 1. The predicted molar refractivity (Wildman–Crippen MR) is 180 cm³/mol. The molecular formula is C40H26N4. The largest absolute Gasteiger partial charge is 0.354 e. The van der Waals surface area contributed by atoms with Crippen LogP contribution in [0.3, 0.4) is 0 Å². The fourth-order valence-electron chi connectivity index (χ4n) is 8.29. The first-order valence-corrected chi connectivity index (χ1v) is 15.3. The van der Waals surface area contributed by atoms with E-state index in [2.05, 4.69) is 124 Å². The van der Waals surface area contributed by atoms with E-state index in [1.54, 1.807) is 0 Å². The Morgan fingerprint density at radius 1 is 0.727 bits per heavy atom. The van der Waals surface area contributed by atoms with Gasteiger partial charge in [0.2, 0.25) is 5.84 Å². The third-order valence-corrected chi connectivity index (χ3v) is 10.1. The van der Waals surface area contributed by atoms with Crippen molar-refractivity contribution >= 4 is 60.4 Å². The molecule has 4 heteroatoms. The van der Waals surface area contributed by atoms with Crippen LogP contribution in [0.25, 0.3) is 60.0 Å². The van der Waals surface area contributed by atoms with Crippen LogP contribution in [0.2, 0.25) is 0 Å². The molecule has 0 amide bonds. The first-order valence-electron chi connectivity index (χ1n) is 15.3. The molecule has 2 unspecified atom stereocenters. The van der Waals surface area contributed by atoms with Gasteiger partial charge in [-0.3, -0.25) is 0 Å². The van der Waals surface area contributed by atoms with Gasteiger partial charge in [-0.25, -0.2) is 4.99 Å². The lowest BCUT2D eigenvalue weighted by molar-refractivity contribution is 0.484. The van der Waals surface area contributed by atoms with Crippen LogP contribution in [0.4, 0.5) is 5.69 Å². The highest BCUT2D eigenvalue weighted by molar-refractivity contribution is 6.26. The number of nitrogens with zero attached hydrogens (tertiary/aromatic N) is 3. The Hall–Kier alpha value is -5.66. The summed E-state index contributed by atoms with van der Waals surface area (Å²) in [6.07, 6.45) is 1.90. The summed E-state index contributed by atoms with van der Waals surface area (Å²) in [4.78, 5) is 4.67. The van der Waals surface area contributed by atoms with E-state index in [9.17, 15) is 5.26 Å². The Morgan fingerprint density at radius 2 is 1.43 bits per heavy atom. The lowest BCUT2D eigenvalue weighted by atomic mass is 9.79. The van der Waals surface area contributed by atoms with Gasteiger partial charge < -0.3 is 9.72 Å². The fourth-order valence-corrected chi connectivity index (χ4v) is 8.29. The van der Waals surface area contributed by atoms with E-state index in [4.69, 9.17) is 0 Å². The third-order valence-electron chi connectivity index (χ3n) is 10.1. The van der Waals surface area contributed by atoms with Gasteiger partial charge in [0.25, 0.3) is 0 Å². The van der Waals surface area contributed by atoms with Gasteiger partial charge in [-0.2, -0.15) is 5.26 Å². The first kappa shape index (κ1) is 23.9. The highest BCUT2D eigenvalue weighted by Gasteiger charge is 2.37. The number of amidine groups is 1. The van der Waals surface area contributed by atoms with Crippen molar-refractivity contribution in [3.63, 3.8) is 0 Å². The summed E-state index contributed by atoms with van der Waals surface area (Å²) in [6, 6.07) is 44.2. The number of para-hydroxylation sites is 3. The molecule has 44 heavy (non-hydrogen) atoms. The molecule has 206 valence electrons. The average Bonchev–Trinajstić information content (AvgIpc) is 3.54. The van der Waals surface area contributed by atoms with E-state index < -0.39 is 0 Å². The van der Waals surface area contributed by atoms with Crippen LogP contribution < -0.4 is 5.32 Å². The van der Waals surface area contributed by atoms with Gasteiger partial charge in [-0.1, -0.05) is 84.9 Å². The summed E-state index contributed by atoms with van der Waals surface area (Å²) < 4.78 is 2.48. The number of nitrogens with one attached hydrogen (secondary N) is 1. The first-order chi connectivity index (χ1) is 21.8. The number of fused-ring (bicyclic) bond motifs is 12. The summed E-state index contributed by atoms with van der Waals surface area (Å²) >= 11 is 0. The normalized spacial score (nSPS) is 17.7. The highest BCUT2D eigenvalue weighted by atomic mass is 15.1. The smallest absolute Gasteiger partial charge is 0.207 e. The molecule has 1 N–H and O–H groups in total. The molecule has 6 aromatic carbocycles. The van der Waals surface area contributed by atoms with Crippen LogP contribution in [0.1, 0.15) is 35.1 Å². The topological polar surface area (TPSA) is 52.6 Å². The van der Waals surface area contributed by atoms with Crippen LogP contribution in [0.5, 0.6) is 0 Å². The van der Waals surface area contributed by atoms with E-state index in [-0.39, 0.29) is 12.0 Å². The maximum Gasteiger partial charge on any atom is 0.207 e. The standard InChI is InChI=1S/C40H26N4/c41-22-36-42-33-14-6-3-12-27(33)39(43-36)29-18-17-25-19-23-9-1-2-10-24(23)20-30(25)31-21-32-26-11-4-7-15-34(26)44-35-16-8-5-13-28(35)38(37(29)31)40(32)44/h1-16,19-21,29,39H,17-18H2,(H,42,43). The maximum atomic E-state index is 10.0. The zero-order valence-electron chi connectivity index (χ0n) is 23.9. The van der Waals surface area contributed by atoms with Gasteiger partial charge >= 0.3 is 0 Å². The summed E-state index contributed by atoms with van der Waals surface area (Å²) in [5.41, 5.74) is 11.2. The van der Waals surface area contributed by atoms with Crippen LogP contribution in [-0.2, 0) is 6.42 Å². The molecule has 0 saturated carbocycles. The molecule has 2 aromatic heterocycles.